The number of alkyl halides is 3. The molecule has 20 heavy (non-hydrogen) atoms. The van der Waals surface area contributed by atoms with E-state index in [0.717, 1.165) is 0 Å². The summed E-state index contributed by atoms with van der Waals surface area (Å²) >= 11 is 0. The molecule has 0 atom stereocenters. The fourth-order valence-corrected chi connectivity index (χ4v) is 1.79. The molecule has 0 aliphatic rings. The lowest BCUT2D eigenvalue weighted by molar-refractivity contribution is -0.149. The highest BCUT2D eigenvalue weighted by Gasteiger charge is 2.34. The van der Waals surface area contributed by atoms with Crippen molar-refractivity contribution in [3.63, 3.8) is 0 Å². The van der Waals surface area contributed by atoms with Crippen molar-refractivity contribution in [3.05, 3.63) is 35.4 Å². The molecule has 0 spiro atoms. The summed E-state index contributed by atoms with van der Waals surface area (Å²) in [5, 5.41) is 8.64. The molecule has 110 valence electrons. The molecule has 4 nitrogen and oxygen atoms in total. The summed E-state index contributed by atoms with van der Waals surface area (Å²) in [6, 6.07) is 6.21. The molecule has 7 heteroatoms. The van der Waals surface area contributed by atoms with Gasteiger partial charge in [-0.2, -0.15) is 13.2 Å². The third-order valence-corrected chi connectivity index (χ3v) is 2.61. The predicted molar refractivity (Wildman–Crippen MR) is 65.4 cm³/mol. The maximum atomic E-state index is 12.4. The molecule has 0 unspecified atom stereocenters. The first kappa shape index (κ1) is 16.0. The van der Waals surface area contributed by atoms with Gasteiger partial charge in [0.25, 0.3) is 5.91 Å². The average Bonchev–Trinajstić information content (AvgIpc) is 2.35. The topological polar surface area (TPSA) is 57.6 Å². The van der Waals surface area contributed by atoms with Gasteiger partial charge >= 0.3 is 12.1 Å². The van der Waals surface area contributed by atoms with Crippen molar-refractivity contribution >= 4 is 11.9 Å². The van der Waals surface area contributed by atoms with E-state index in [-0.39, 0.29) is 10.5 Å². The monoisotopic (exact) mass is 289 g/mol. The van der Waals surface area contributed by atoms with Crippen molar-refractivity contribution in [2.24, 2.45) is 0 Å². The van der Waals surface area contributed by atoms with Gasteiger partial charge in [0, 0.05) is 5.56 Å². The number of benzene rings is 1. The van der Waals surface area contributed by atoms with Gasteiger partial charge in [-0.25, -0.2) is 0 Å². The second kappa shape index (κ2) is 6.40. The molecule has 0 saturated carbocycles. The lowest BCUT2D eigenvalue weighted by Crippen LogP contribution is -2.42. The van der Waals surface area contributed by atoms with Crippen LogP contribution in [0.25, 0.3) is 0 Å². The predicted octanol–water partition coefficient (Wildman–Crippen LogP) is 2.34. The molecule has 0 aliphatic carbocycles. The Labute approximate surface area is 113 Å². The second-order valence-corrected chi connectivity index (χ2v) is 4.18. The number of hydrogen-bond acceptors (Lipinski definition) is 2. The molecule has 1 aromatic rings. The lowest BCUT2D eigenvalue weighted by Gasteiger charge is -2.23. The summed E-state index contributed by atoms with van der Waals surface area (Å²) in [6.07, 6.45) is -4.18. The van der Waals surface area contributed by atoms with Gasteiger partial charge in [0.2, 0.25) is 0 Å². The first-order chi connectivity index (χ1) is 9.24. The van der Waals surface area contributed by atoms with Crippen LogP contribution in [0.5, 0.6) is 0 Å². The molecular weight excluding hydrogens is 275 g/mol. The summed E-state index contributed by atoms with van der Waals surface area (Å²) in [6.45, 7) is -0.815. The molecule has 0 aliphatic heterocycles. The van der Waals surface area contributed by atoms with Crippen molar-refractivity contribution in [2.75, 3.05) is 13.1 Å². The van der Waals surface area contributed by atoms with Crippen molar-refractivity contribution in [1.82, 2.24) is 4.90 Å². The number of aryl methyl sites for hydroxylation is 1. The van der Waals surface area contributed by atoms with Gasteiger partial charge in [-0.3, -0.25) is 9.59 Å². The maximum Gasteiger partial charge on any atom is 0.406 e. The van der Waals surface area contributed by atoms with Crippen LogP contribution >= 0.6 is 0 Å². The first-order valence-electron chi connectivity index (χ1n) is 5.90. The highest BCUT2D eigenvalue weighted by Crippen LogP contribution is 2.19. The second-order valence-electron chi connectivity index (χ2n) is 4.18. The Morgan fingerprint density at radius 1 is 1.25 bits per heavy atom. The standard InChI is InChI=1S/C13H14F3NO3/c1-2-9-5-3-4-6-10(9)12(20)17(7-11(18)19)8-13(14,15)16/h3-6H,2,7-8H2,1H3,(H,18,19). The van der Waals surface area contributed by atoms with Crippen molar-refractivity contribution in [1.29, 1.82) is 0 Å². The number of rotatable bonds is 5. The van der Waals surface area contributed by atoms with Crippen LogP contribution in [0.1, 0.15) is 22.8 Å². The Hall–Kier alpha value is -2.05. The first-order valence-corrected chi connectivity index (χ1v) is 5.90. The van der Waals surface area contributed by atoms with E-state index < -0.39 is 31.1 Å². The van der Waals surface area contributed by atoms with E-state index in [4.69, 9.17) is 5.11 Å². The van der Waals surface area contributed by atoms with Crippen molar-refractivity contribution in [2.45, 2.75) is 19.5 Å². The van der Waals surface area contributed by atoms with E-state index in [1.165, 1.54) is 12.1 Å². The molecule has 0 radical (unpaired) electrons. The van der Waals surface area contributed by atoms with Crippen LogP contribution in [-0.2, 0) is 11.2 Å². The molecule has 0 bridgehead atoms. The Kier molecular flexibility index (Phi) is 5.12. The summed E-state index contributed by atoms with van der Waals surface area (Å²) in [4.78, 5) is 23.0. The van der Waals surface area contributed by atoms with Gasteiger partial charge in [-0.1, -0.05) is 25.1 Å². The Morgan fingerprint density at radius 3 is 2.35 bits per heavy atom. The summed E-state index contributed by atoms with van der Waals surface area (Å²) in [5.41, 5.74) is 0.676. The number of carboxylic acid groups (broad SMARTS) is 1. The summed E-state index contributed by atoms with van der Waals surface area (Å²) in [7, 11) is 0. The van der Waals surface area contributed by atoms with E-state index in [0.29, 0.717) is 12.0 Å². The molecule has 1 amide bonds. The minimum Gasteiger partial charge on any atom is -0.480 e. The van der Waals surface area contributed by atoms with Crippen LogP contribution in [0.2, 0.25) is 0 Å². The normalized spacial score (nSPS) is 11.2. The van der Waals surface area contributed by atoms with Crippen LogP contribution in [-0.4, -0.2) is 41.1 Å². The SMILES string of the molecule is CCc1ccccc1C(=O)N(CC(=O)O)CC(F)(F)F. The van der Waals surface area contributed by atoms with Crippen LogP contribution < -0.4 is 0 Å². The number of carboxylic acids is 1. The Morgan fingerprint density at radius 2 is 1.85 bits per heavy atom. The van der Waals surface area contributed by atoms with Crippen LogP contribution in [0.4, 0.5) is 13.2 Å². The number of carbonyl (C=O) groups is 2. The van der Waals surface area contributed by atoms with E-state index in [1.54, 1.807) is 19.1 Å². The summed E-state index contributed by atoms with van der Waals surface area (Å²) in [5.74, 6) is -2.42. The van der Waals surface area contributed by atoms with E-state index in [9.17, 15) is 22.8 Å². The van der Waals surface area contributed by atoms with E-state index >= 15 is 0 Å². The number of hydrogen-bond donors (Lipinski definition) is 1. The molecule has 0 aromatic heterocycles. The van der Waals surface area contributed by atoms with Crippen LogP contribution in [0.3, 0.4) is 0 Å². The van der Waals surface area contributed by atoms with Gasteiger partial charge in [-0.15, -0.1) is 0 Å². The minimum atomic E-state index is -4.65. The third kappa shape index (κ3) is 4.56. The van der Waals surface area contributed by atoms with E-state index in [2.05, 4.69) is 0 Å². The minimum absolute atomic E-state index is 0.0977. The quantitative estimate of drug-likeness (QED) is 0.905. The Bertz CT molecular complexity index is 500. The van der Waals surface area contributed by atoms with Crippen LogP contribution in [0.15, 0.2) is 24.3 Å². The highest BCUT2D eigenvalue weighted by atomic mass is 19.4. The number of carbonyl (C=O) groups excluding carboxylic acids is 1. The van der Waals surface area contributed by atoms with Gasteiger partial charge in [0.15, 0.2) is 0 Å². The Balaban J connectivity index is 3.06. The largest absolute Gasteiger partial charge is 0.480 e. The summed E-state index contributed by atoms with van der Waals surface area (Å²) < 4.78 is 37.3. The van der Waals surface area contributed by atoms with Crippen molar-refractivity contribution < 1.29 is 27.9 Å². The van der Waals surface area contributed by atoms with Gasteiger partial charge in [-0.05, 0) is 18.1 Å². The molecular formula is C13H14F3NO3. The van der Waals surface area contributed by atoms with Crippen LogP contribution in [0, 0.1) is 0 Å². The van der Waals surface area contributed by atoms with Gasteiger partial charge < -0.3 is 10.0 Å². The molecule has 1 rings (SSSR count). The zero-order chi connectivity index (χ0) is 15.3. The zero-order valence-corrected chi connectivity index (χ0v) is 10.8. The zero-order valence-electron chi connectivity index (χ0n) is 10.8. The molecule has 1 N–H and O–H groups in total. The number of amides is 1. The fraction of sp³-hybridized carbons (Fsp3) is 0.385. The lowest BCUT2D eigenvalue weighted by atomic mass is 10.0. The average molecular weight is 289 g/mol. The number of nitrogens with zero attached hydrogens (tertiary/aromatic N) is 1. The number of halogens is 3. The van der Waals surface area contributed by atoms with Crippen molar-refractivity contribution in [3.8, 4) is 0 Å². The van der Waals surface area contributed by atoms with E-state index in [1.807, 2.05) is 0 Å². The fourth-order valence-electron chi connectivity index (χ4n) is 1.79. The smallest absolute Gasteiger partial charge is 0.406 e. The van der Waals surface area contributed by atoms with Gasteiger partial charge in [0.05, 0.1) is 0 Å². The molecule has 0 fully saturated rings. The highest BCUT2D eigenvalue weighted by molar-refractivity contribution is 5.97. The maximum absolute atomic E-state index is 12.4. The number of aliphatic carboxylic acids is 1. The molecule has 1 aromatic carbocycles. The molecule has 0 heterocycles. The van der Waals surface area contributed by atoms with Gasteiger partial charge in [0.1, 0.15) is 13.1 Å². The third-order valence-electron chi connectivity index (χ3n) is 2.61. The molecule has 0 saturated heterocycles.